The van der Waals surface area contributed by atoms with Gasteiger partial charge in [-0.05, 0) is 38.1 Å². The van der Waals surface area contributed by atoms with E-state index in [1.807, 2.05) is 0 Å². The Kier molecular flexibility index (Phi) is 3.86. The minimum atomic E-state index is 0.845. The topological polar surface area (TPSA) is 12.0 Å². The van der Waals surface area contributed by atoms with Crippen LogP contribution in [0.1, 0.15) is 57.8 Å². The molecule has 1 N–H and O–H groups in total. The van der Waals surface area contributed by atoms with E-state index < -0.39 is 0 Å². The average Bonchev–Trinajstić information content (AvgIpc) is 3.01. The van der Waals surface area contributed by atoms with Gasteiger partial charge in [0.1, 0.15) is 0 Å². The molecule has 1 unspecified atom stereocenters. The summed E-state index contributed by atoms with van der Waals surface area (Å²) < 4.78 is 0. The lowest BCUT2D eigenvalue weighted by atomic mass is 9.91. The van der Waals surface area contributed by atoms with Gasteiger partial charge in [-0.2, -0.15) is 0 Å². The summed E-state index contributed by atoms with van der Waals surface area (Å²) in [6.45, 7) is 0. The van der Waals surface area contributed by atoms with Crippen molar-refractivity contribution in [1.82, 2.24) is 5.32 Å². The Bertz CT molecular complexity index is 155. The van der Waals surface area contributed by atoms with Gasteiger partial charge in [0.2, 0.25) is 0 Å². The summed E-state index contributed by atoms with van der Waals surface area (Å²) in [7, 11) is 2.15. The normalized spacial score (nSPS) is 27.2. The molecule has 0 saturated heterocycles. The predicted molar refractivity (Wildman–Crippen MR) is 61.4 cm³/mol. The van der Waals surface area contributed by atoms with Crippen LogP contribution in [0.15, 0.2) is 0 Å². The predicted octanol–water partition coefficient (Wildman–Crippen LogP) is 3.34. The summed E-state index contributed by atoms with van der Waals surface area (Å²) in [4.78, 5) is 0. The van der Waals surface area contributed by atoms with Crippen molar-refractivity contribution in [2.45, 2.75) is 63.8 Å². The number of hydrogen-bond donors (Lipinski definition) is 1. The first-order chi connectivity index (χ1) is 6.90. The first-order valence-corrected chi connectivity index (χ1v) is 6.57. The van der Waals surface area contributed by atoms with E-state index in [1.54, 1.807) is 0 Å². The minimum absolute atomic E-state index is 0.845. The SMILES string of the molecule is CNC(CC1CCCCCC1)C1CC1. The molecule has 2 saturated carbocycles. The van der Waals surface area contributed by atoms with Gasteiger partial charge in [0, 0.05) is 6.04 Å². The fraction of sp³-hybridized carbons (Fsp3) is 1.00. The van der Waals surface area contributed by atoms with Gasteiger partial charge in [-0.15, -0.1) is 0 Å². The summed E-state index contributed by atoms with van der Waals surface area (Å²) in [5.41, 5.74) is 0. The van der Waals surface area contributed by atoms with Crippen molar-refractivity contribution in [3.8, 4) is 0 Å². The molecule has 2 aliphatic carbocycles. The molecule has 2 aliphatic rings. The third-order valence-corrected chi connectivity index (χ3v) is 4.12. The van der Waals surface area contributed by atoms with Crippen molar-refractivity contribution in [3.63, 3.8) is 0 Å². The summed E-state index contributed by atoms with van der Waals surface area (Å²) in [5.74, 6) is 2.07. The van der Waals surface area contributed by atoms with Gasteiger partial charge in [-0.25, -0.2) is 0 Å². The van der Waals surface area contributed by atoms with E-state index in [2.05, 4.69) is 12.4 Å². The van der Waals surface area contributed by atoms with E-state index in [1.165, 1.54) is 57.8 Å². The van der Waals surface area contributed by atoms with Gasteiger partial charge < -0.3 is 5.32 Å². The van der Waals surface area contributed by atoms with Crippen LogP contribution in [0.3, 0.4) is 0 Å². The molecule has 0 spiro atoms. The van der Waals surface area contributed by atoms with Gasteiger partial charge in [0.25, 0.3) is 0 Å². The van der Waals surface area contributed by atoms with E-state index in [4.69, 9.17) is 0 Å². The van der Waals surface area contributed by atoms with Crippen molar-refractivity contribution >= 4 is 0 Å². The van der Waals surface area contributed by atoms with Gasteiger partial charge in [0.15, 0.2) is 0 Å². The molecule has 82 valence electrons. The Balaban J connectivity index is 1.75. The highest BCUT2D eigenvalue weighted by Gasteiger charge is 2.31. The minimum Gasteiger partial charge on any atom is -0.317 e. The lowest BCUT2D eigenvalue weighted by Gasteiger charge is -2.21. The molecule has 2 fully saturated rings. The summed E-state index contributed by atoms with van der Waals surface area (Å²) >= 11 is 0. The van der Waals surface area contributed by atoms with Crippen LogP contribution in [0.4, 0.5) is 0 Å². The van der Waals surface area contributed by atoms with Crippen LogP contribution >= 0.6 is 0 Å². The maximum atomic E-state index is 3.53. The highest BCUT2D eigenvalue weighted by molar-refractivity contribution is 4.87. The third-order valence-electron chi connectivity index (χ3n) is 4.12. The van der Waals surface area contributed by atoms with Crippen molar-refractivity contribution in [2.75, 3.05) is 7.05 Å². The van der Waals surface area contributed by atoms with Crippen LogP contribution in [-0.4, -0.2) is 13.1 Å². The maximum absolute atomic E-state index is 3.53. The fourth-order valence-corrected chi connectivity index (χ4v) is 3.00. The quantitative estimate of drug-likeness (QED) is 0.678. The number of rotatable bonds is 4. The molecule has 14 heavy (non-hydrogen) atoms. The van der Waals surface area contributed by atoms with Gasteiger partial charge in [-0.3, -0.25) is 0 Å². The Hall–Kier alpha value is -0.0400. The van der Waals surface area contributed by atoms with Crippen LogP contribution in [0.5, 0.6) is 0 Å². The van der Waals surface area contributed by atoms with Crippen LogP contribution in [0.2, 0.25) is 0 Å². The second-order valence-corrected chi connectivity index (χ2v) is 5.33. The molecule has 1 atom stereocenters. The van der Waals surface area contributed by atoms with Crippen molar-refractivity contribution in [3.05, 3.63) is 0 Å². The standard InChI is InChI=1S/C13H25N/c1-14-13(12-8-9-12)10-11-6-4-2-3-5-7-11/h11-14H,2-10H2,1H3. The van der Waals surface area contributed by atoms with E-state index in [0.29, 0.717) is 0 Å². The van der Waals surface area contributed by atoms with E-state index in [0.717, 1.165) is 17.9 Å². The molecule has 0 aromatic heterocycles. The van der Waals surface area contributed by atoms with E-state index >= 15 is 0 Å². The Morgan fingerprint density at radius 1 is 1.00 bits per heavy atom. The molecule has 0 radical (unpaired) electrons. The zero-order chi connectivity index (χ0) is 9.80. The second kappa shape index (κ2) is 5.16. The Labute approximate surface area is 88.7 Å². The summed E-state index contributed by atoms with van der Waals surface area (Å²) in [6, 6.07) is 0.845. The van der Waals surface area contributed by atoms with Crippen LogP contribution in [0.25, 0.3) is 0 Å². The van der Waals surface area contributed by atoms with Crippen LogP contribution < -0.4 is 5.32 Å². The van der Waals surface area contributed by atoms with Gasteiger partial charge in [-0.1, -0.05) is 38.5 Å². The molecule has 2 rings (SSSR count). The smallest absolute Gasteiger partial charge is 0.00949 e. The molecule has 0 aliphatic heterocycles. The Morgan fingerprint density at radius 2 is 1.64 bits per heavy atom. The first kappa shape index (κ1) is 10.5. The van der Waals surface area contributed by atoms with Gasteiger partial charge in [0.05, 0.1) is 0 Å². The third kappa shape index (κ3) is 2.98. The zero-order valence-electron chi connectivity index (χ0n) is 9.60. The Morgan fingerprint density at radius 3 is 2.14 bits per heavy atom. The lowest BCUT2D eigenvalue weighted by Crippen LogP contribution is -2.29. The maximum Gasteiger partial charge on any atom is 0.00949 e. The fourth-order valence-electron chi connectivity index (χ4n) is 3.00. The molecule has 1 heteroatoms. The second-order valence-electron chi connectivity index (χ2n) is 5.33. The molecule has 0 bridgehead atoms. The highest BCUT2D eigenvalue weighted by atomic mass is 14.9. The highest BCUT2D eigenvalue weighted by Crippen LogP contribution is 2.37. The van der Waals surface area contributed by atoms with E-state index in [9.17, 15) is 0 Å². The molecule has 1 nitrogen and oxygen atoms in total. The average molecular weight is 195 g/mol. The van der Waals surface area contributed by atoms with E-state index in [-0.39, 0.29) is 0 Å². The van der Waals surface area contributed by atoms with Crippen molar-refractivity contribution in [1.29, 1.82) is 0 Å². The van der Waals surface area contributed by atoms with Crippen molar-refractivity contribution in [2.24, 2.45) is 11.8 Å². The van der Waals surface area contributed by atoms with Crippen molar-refractivity contribution < 1.29 is 0 Å². The molecule has 0 aromatic rings. The zero-order valence-corrected chi connectivity index (χ0v) is 9.60. The monoisotopic (exact) mass is 195 g/mol. The van der Waals surface area contributed by atoms with Gasteiger partial charge >= 0.3 is 0 Å². The molecule has 0 heterocycles. The molecular weight excluding hydrogens is 170 g/mol. The van der Waals surface area contributed by atoms with Crippen LogP contribution in [-0.2, 0) is 0 Å². The summed E-state index contributed by atoms with van der Waals surface area (Å²) in [5, 5.41) is 3.53. The lowest BCUT2D eigenvalue weighted by molar-refractivity contribution is 0.341. The largest absolute Gasteiger partial charge is 0.317 e. The molecule has 0 amide bonds. The number of hydrogen-bond acceptors (Lipinski definition) is 1. The first-order valence-electron chi connectivity index (χ1n) is 6.57. The summed E-state index contributed by atoms with van der Waals surface area (Å²) in [6.07, 6.45) is 13.4. The molecular formula is C13H25N. The molecule has 0 aromatic carbocycles. The number of nitrogens with one attached hydrogen (secondary N) is 1. The van der Waals surface area contributed by atoms with Crippen LogP contribution in [0, 0.1) is 11.8 Å².